The van der Waals surface area contributed by atoms with Crippen LogP contribution in [0.3, 0.4) is 0 Å². The lowest BCUT2D eigenvalue weighted by atomic mass is 9.78. The molecule has 6 heteroatoms. The van der Waals surface area contributed by atoms with Crippen LogP contribution < -0.4 is 9.47 Å². The van der Waals surface area contributed by atoms with Crippen LogP contribution in [0, 0.1) is 0 Å². The van der Waals surface area contributed by atoms with E-state index in [1.54, 1.807) is 19.2 Å². The Kier molecular flexibility index (Phi) is 12.3. The molecule has 5 nitrogen and oxygen atoms in total. The summed E-state index contributed by atoms with van der Waals surface area (Å²) in [5, 5.41) is 9.77. The van der Waals surface area contributed by atoms with E-state index in [1.165, 1.54) is 16.7 Å². The van der Waals surface area contributed by atoms with E-state index in [1.807, 2.05) is 38.1 Å². The van der Waals surface area contributed by atoms with Gasteiger partial charge in [0.2, 0.25) is 0 Å². The highest BCUT2D eigenvalue weighted by molar-refractivity contribution is 6.76. The number of phenols is 1. The molecule has 0 saturated heterocycles. The standard InChI is InChI=1S/C35H50O5Si/c1-9-28(30-12-18-35(19-13-30)40-27(4)38-24-41(6,7)8)23-32(22-25(2)29-10-16-33(36)17-11-29)31-14-20-34(21-15-31)39-26(3)37-5/h10-21,25-28,32,36H,9,22-24H2,1-8H3. The van der Waals surface area contributed by atoms with E-state index in [0.29, 0.717) is 23.5 Å². The fraction of sp³-hybridized carbons (Fsp3) is 0.486. The van der Waals surface area contributed by atoms with Crippen molar-refractivity contribution >= 4 is 8.07 Å². The summed E-state index contributed by atoms with van der Waals surface area (Å²) in [6.07, 6.45) is 3.31. The summed E-state index contributed by atoms with van der Waals surface area (Å²) in [5.41, 5.74) is 3.87. The van der Waals surface area contributed by atoms with Crippen molar-refractivity contribution in [2.75, 3.05) is 13.3 Å². The number of aromatic hydroxyl groups is 1. The summed E-state index contributed by atoms with van der Waals surface area (Å²) < 4.78 is 23.1. The Balaban J connectivity index is 1.76. The maximum absolute atomic E-state index is 9.77. The van der Waals surface area contributed by atoms with Gasteiger partial charge in [-0.3, -0.25) is 0 Å². The average molecular weight is 579 g/mol. The van der Waals surface area contributed by atoms with E-state index in [4.69, 9.17) is 18.9 Å². The maximum atomic E-state index is 9.77. The van der Waals surface area contributed by atoms with Gasteiger partial charge in [-0.25, -0.2) is 0 Å². The van der Waals surface area contributed by atoms with E-state index in [-0.39, 0.29) is 12.6 Å². The number of hydrogen-bond donors (Lipinski definition) is 1. The number of ether oxygens (including phenoxy) is 4. The van der Waals surface area contributed by atoms with Crippen LogP contribution in [0.5, 0.6) is 17.2 Å². The van der Waals surface area contributed by atoms with Crippen LogP contribution in [0.15, 0.2) is 72.8 Å². The van der Waals surface area contributed by atoms with Crippen molar-refractivity contribution in [3.05, 3.63) is 89.5 Å². The lowest BCUT2D eigenvalue weighted by molar-refractivity contribution is -0.0499. The van der Waals surface area contributed by atoms with Gasteiger partial charge < -0.3 is 24.1 Å². The van der Waals surface area contributed by atoms with Gasteiger partial charge in [-0.15, -0.1) is 0 Å². The molecule has 0 aliphatic carbocycles. The molecule has 5 atom stereocenters. The Hall–Kier alpha value is -2.80. The second-order valence-corrected chi connectivity index (χ2v) is 17.8. The molecule has 0 aromatic heterocycles. The fourth-order valence-corrected chi connectivity index (χ4v) is 5.82. The zero-order chi connectivity index (χ0) is 30.0. The molecule has 0 spiro atoms. The van der Waals surface area contributed by atoms with Crippen LogP contribution in [0.1, 0.15) is 81.4 Å². The quantitative estimate of drug-likeness (QED) is 0.136. The molecule has 3 aromatic rings. The summed E-state index contributed by atoms with van der Waals surface area (Å²) >= 11 is 0. The van der Waals surface area contributed by atoms with Crippen molar-refractivity contribution in [3.8, 4) is 17.2 Å². The number of methoxy groups -OCH3 is 1. The minimum Gasteiger partial charge on any atom is -0.508 e. The van der Waals surface area contributed by atoms with E-state index >= 15 is 0 Å². The van der Waals surface area contributed by atoms with Crippen molar-refractivity contribution in [2.45, 2.75) is 96.9 Å². The van der Waals surface area contributed by atoms with Gasteiger partial charge in [-0.2, -0.15) is 0 Å². The van der Waals surface area contributed by atoms with Gasteiger partial charge in [0.05, 0.1) is 8.07 Å². The molecule has 0 bridgehead atoms. The second kappa shape index (κ2) is 15.4. The van der Waals surface area contributed by atoms with Crippen LogP contribution in [0.2, 0.25) is 19.6 Å². The second-order valence-electron chi connectivity index (χ2n) is 12.4. The summed E-state index contributed by atoms with van der Waals surface area (Å²) in [6.45, 7) is 15.3. The number of hydrogen-bond acceptors (Lipinski definition) is 5. The predicted octanol–water partition coefficient (Wildman–Crippen LogP) is 9.24. The molecule has 0 radical (unpaired) electrons. The normalized spacial score (nSPS) is 15.5. The first-order valence-electron chi connectivity index (χ1n) is 14.9. The molecule has 224 valence electrons. The molecule has 1 N–H and O–H groups in total. The number of phenolic OH excluding ortho intramolecular Hbond substituents is 1. The smallest absolute Gasteiger partial charge is 0.196 e. The molecule has 5 unspecified atom stereocenters. The van der Waals surface area contributed by atoms with Gasteiger partial charge in [0.1, 0.15) is 17.2 Å². The van der Waals surface area contributed by atoms with E-state index in [0.717, 1.165) is 37.0 Å². The van der Waals surface area contributed by atoms with Crippen LogP contribution >= 0.6 is 0 Å². The minimum atomic E-state index is -1.28. The third kappa shape index (κ3) is 10.8. The molecule has 0 aliphatic heterocycles. The van der Waals surface area contributed by atoms with Gasteiger partial charge in [-0.1, -0.05) is 69.9 Å². The average Bonchev–Trinajstić information content (AvgIpc) is 2.95. The van der Waals surface area contributed by atoms with E-state index in [9.17, 15) is 5.11 Å². The molecule has 0 heterocycles. The highest BCUT2D eigenvalue weighted by atomic mass is 28.3. The van der Waals surface area contributed by atoms with Crippen LogP contribution in [0.4, 0.5) is 0 Å². The molecule has 3 aromatic carbocycles. The van der Waals surface area contributed by atoms with Gasteiger partial charge >= 0.3 is 0 Å². The third-order valence-electron chi connectivity index (χ3n) is 7.55. The molecular weight excluding hydrogens is 528 g/mol. The zero-order valence-corrected chi connectivity index (χ0v) is 27.2. The molecule has 41 heavy (non-hydrogen) atoms. The van der Waals surface area contributed by atoms with Gasteiger partial charge in [0, 0.05) is 13.3 Å². The highest BCUT2D eigenvalue weighted by Gasteiger charge is 2.23. The number of rotatable bonds is 16. The first-order chi connectivity index (χ1) is 19.5. The van der Waals surface area contributed by atoms with Crippen molar-refractivity contribution in [2.24, 2.45) is 0 Å². The lowest BCUT2D eigenvalue weighted by Crippen LogP contribution is -2.32. The first kappa shape index (κ1) is 32.7. The van der Waals surface area contributed by atoms with E-state index in [2.05, 4.69) is 69.9 Å². The van der Waals surface area contributed by atoms with Crippen molar-refractivity contribution in [1.29, 1.82) is 0 Å². The third-order valence-corrected chi connectivity index (χ3v) is 8.58. The molecule has 0 fully saturated rings. The van der Waals surface area contributed by atoms with Gasteiger partial charge in [-0.05, 0) is 104 Å². The summed E-state index contributed by atoms with van der Waals surface area (Å²) in [7, 11) is 0.361. The SMILES string of the molecule is CCC(CC(CC(C)c1ccc(O)cc1)c1ccc(OC(C)OC)cc1)c1ccc(OC(C)OC[Si](C)(C)C)cc1. The molecule has 3 rings (SSSR count). The Morgan fingerprint density at radius 2 is 1.15 bits per heavy atom. The summed E-state index contributed by atoms with van der Waals surface area (Å²) in [5.74, 6) is 3.05. The topological polar surface area (TPSA) is 57.2 Å². The number of benzene rings is 3. The molecule has 0 aliphatic rings. The summed E-state index contributed by atoms with van der Waals surface area (Å²) in [6, 6.07) is 24.6. The maximum Gasteiger partial charge on any atom is 0.196 e. The Morgan fingerprint density at radius 1 is 0.659 bits per heavy atom. The predicted molar refractivity (Wildman–Crippen MR) is 171 cm³/mol. The summed E-state index contributed by atoms with van der Waals surface area (Å²) in [4.78, 5) is 0. The first-order valence-corrected chi connectivity index (χ1v) is 18.6. The Morgan fingerprint density at radius 3 is 1.63 bits per heavy atom. The Labute approximate surface area is 248 Å². The van der Waals surface area contributed by atoms with Crippen molar-refractivity contribution < 1.29 is 24.1 Å². The van der Waals surface area contributed by atoms with Crippen LogP contribution in [-0.2, 0) is 9.47 Å². The lowest BCUT2D eigenvalue weighted by Gasteiger charge is -2.27. The highest BCUT2D eigenvalue weighted by Crippen LogP contribution is 2.39. The molecule has 0 saturated carbocycles. The van der Waals surface area contributed by atoms with Crippen LogP contribution in [-0.4, -0.2) is 39.1 Å². The zero-order valence-electron chi connectivity index (χ0n) is 26.2. The monoisotopic (exact) mass is 578 g/mol. The van der Waals surface area contributed by atoms with Gasteiger partial charge in [0.25, 0.3) is 0 Å². The molecular formula is C35H50O5Si. The fourth-order valence-electron chi connectivity index (χ4n) is 5.09. The Bertz CT molecular complexity index is 1160. The molecule has 0 amide bonds. The van der Waals surface area contributed by atoms with Crippen molar-refractivity contribution in [1.82, 2.24) is 0 Å². The van der Waals surface area contributed by atoms with Crippen molar-refractivity contribution in [3.63, 3.8) is 0 Å². The van der Waals surface area contributed by atoms with Crippen LogP contribution in [0.25, 0.3) is 0 Å². The van der Waals surface area contributed by atoms with Gasteiger partial charge in [0.15, 0.2) is 12.6 Å². The van der Waals surface area contributed by atoms with E-state index < -0.39 is 8.07 Å². The minimum absolute atomic E-state index is 0.265. The largest absolute Gasteiger partial charge is 0.508 e.